The lowest BCUT2D eigenvalue weighted by atomic mass is 9.96. The number of carboxylic acids is 1. The van der Waals surface area contributed by atoms with Crippen molar-refractivity contribution >= 4 is 17.8 Å². The van der Waals surface area contributed by atoms with Crippen LogP contribution in [0.25, 0.3) is 11.1 Å². The second-order valence-electron chi connectivity index (χ2n) is 9.10. The lowest BCUT2D eigenvalue weighted by Crippen LogP contribution is -2.57. The third kappa shape index (κ3) is 6.39. The standard InChI is InChI=1S/C26H34N4O6/c1-27-14-19(31)13-21-25(34)30(3)22(26(35)36)10-15-5-4-6-16(9-15)17-7-8-23(32)18(11-17)12-20(28-2)24(33)29-21/h4-9,11,19-22,27-28,31-32H,10,12-14H2,1-3H3,(H,29,33)(H,35,36)/t19-,20+,21+,22+/m1/s1. The van der Waals surface area contributed by atoms with Crippen LogP contribution in [0.5, 0.6) is 5.75 Å². The van der Waals surface area contributed by atoms with Gasteiger partial charge in [-0.25, -0.2) is 4.79 Å². The number of rotatable bonds is 6. The zero-order chi connectivity index (χ0) is 26.4. The van der Waals surface area contributed by atoms with Crippen LogP contribution < -0.4 is 16.0 Å². The Hall–Kier alpha value is -3.47. The maximum absolute atomic E-state index is 13.5. The molecule has 2 amide bonds. The number of fused-ring (bicyclic) bond motifs is 5. The summed E-state index contributed by atoms with van der Waals surface area (Å²) in [7, 11) is 4.64. The van der Waals surface area contributed by atoms with Gasteiger partial charge in [0.15, 0.2) is 0 Å². The average Bonchev–Trinajstić information content (AvgIpc) is 2.85. The van der Waals surface area contributed by atoms with Gasteiger partial charge in [0.25, 0.3) is 0 Å². The fraction of sp³-hybridized carbons (Fsp3) is 0.423. The van der Waals surface area contributed by atoms with Gasteiger partial charge in [0, 0.05) is 32.9 Å². The molecule has 2 aromatic rings. The third-order valence-electron chi connectivity index (χ3n) is 6.52. The number of likely N-dealkylation sites (N-methyl/N-ethyl adjacent to an activating group) is 3. The quantitative estimate of drug-likeness (QED) is 0.329. The van der Waals surface area contributed by atoms with E-state index in [0.717, 1.165) is 16.0 Å². The largest absolute Gasteiger partial charge is 0.508 e. The van der Waals surface area contributed by atoms with E-state index in [1.54, 1.807) is 38.4 Å². The summed E-state index contributed by atoms with van der Waals surface area (Å²) < 4.78 is 0. The topological polar surface area (TPSA) is 151 Å². The van der Waals surface area contributed by atoms with Gasteiger partial charge in [0.1, 0.15) is 17.8 Å². The molecule has 10 heteroatoms. The summed E-state index contributed by atoms with van der Waals surface area (Å²) in [5.41, 5.74) is 2.88. The van der Waals surface area contributed by atoms with E-state index in [0.29, 0.717) is 11.1 Å². The number of aliphatic hydroxyl groups excluding tert-OH is 1. The summed E-state index contributed by atoms with van der Waals surface area (Å²) in [6, 6.07) is 9.34. The van der Waals surface area contributed by atoms with Crippen molar-refractivity contribution in [3.63, 3.8) is 0 Å². The van der Waals surface area contributed by atoms with E-state index in [4.69, 9.17) is 0 Å². The second kappa shape index (κ2) is 12.0. The van der Waals surface area contributed by atoms with E-state index < -0.39 is 42.0 Å². The number of amides is 2. The maximum atomic E-state index is 13.5. The average molecular weight is 499 g/mol. The summed E-state index contributed by atoms with van der Waals surface area (Å²) in [5, 5.41) is 39.2. The molecule has 1 heterocycles. The summed E-state index contributed by atoms with van der Waals surface area (Å²) in [4.78, 5) is 40.0. The van der Waals surface area contributed by atoms with Gasteiger partial charge in [-0.3, -0.25) is 9.59 Å². The first-order chi connectivity index (χ1) is 17.1. The second-order valence-corrected chi connectivity index (χ2v) is 9.10. The van der Waals surface area contributed by atoms with Crippen molar-refractivity contribution in [1.29, 1.82) is 0 Å². The Kier molecular flexibility index (Phi) is 9.03. The maximum Gasteiger partial charge on any atom is 0.326 e. The van der Waals surface area contributed by atoms with Crippen LogP contribution in [-0.4, -0.2) is 89.9 Å². The lowest BCUT2D eigenvalue weighted by molar-refractivity contribution is -0.150. The molecule has 36 heavy (non-hydrogen) atoms. The minimum absolute atomic E-state index is 0.0371. The Morgan fingerprint density at radius 3 is 2.53 bits per heavy atom. The van der Waals surface area contributed by atoms with Crippen LogP contribution in [0.2, 0.25) is 0 Å². The molecule has 0 saturated heterocycles. The van der Waals surface area contributed by atoms with E-state index in [1.807, 2.05) is 18.2 Å². The fourth-order valence-electron chi connectivity index (χ4n) is 4.45. The van der Waals surface area contributed by atoms with Gasteiger partial charge in [0.2, 0.25) is 11.8 Å². The Balaban J connectivity index is 2.10. The molecule has 4 atom stereocenters. The number of nitrogens with zero attached hydrogens (tertiary/aromatic N) is 1. The van der Waals surface area contributed by atoms with Gasteiger partial charge in [-0.05, 0) is 48.5 Å². The van der Waals surface area contributed by atoms with E-state index in [1.165, 1.54) is 7.05 Å². The van der Waals surface area contributed by atoms with Crippen LogP contribution in [-0.2, 0) is 27.2 Å². The number of hydrogen-bond donors (Lipinski definition) is 6. The van der Waals surface area contributed by atoms with Gasteiger partial charge in [-0.15, -0.1) is 0 Å². The van der Waals surface area contributed by atoms with Gasteiger partial charge in [-0.1, -0.05) is 30.3 Å². The zero-order valence-corrected chi connectivity index (χ0v) is 20.7. The SMILES string of the molecule is CNC[C@H](O)C[C@@H]1NC(=O)[C@@H](NC)Cc2cc(ccc2O)-c2cccc(c2)C[C@@H](C(=O)O)N(C)C1=O. The van der Waals surface area contributed by atoms with Crippen LogP contribution in [0.3, 0.4) is 0 Å². The van der Waals surface area contributed by atoms with Crippen LogP contribution >= 0.6 is 0 Å². The zero-order valence-electron chi connectivity index (χ0n) is 20.7. The van der Waals surface area contributed by atoms with Crippen molar-refractivity contribution < 1.29 is 29.7 Å². The van der Waals surface area contributed by atoms with Crippen molar-refractivity contribution in [1.82, 2.24) is 20.9 Å². The van der Waals surface area contributed by atoms with Gasteiger partial charge >= 0.3 is 5.97 Å². The number of phenolic OH excluding ortho intramolecular Hbond substituents is 1. The van der Waals surface area contributed by atoms with Crippen LogP contribution in [0.4, 0.5) is 0 Å². The highest BCUT2D eigenvalue weighted by Gasteiger charge is 2.34. The molecular weight excluding hydrogens is 464 g/mol. The van der Waals surface area contributed by atoms with E-state index in [2.05, 4.69) is 16.0 Å². The number of aliphatic carboxylic acids is 1. The van der Waals surface area contributed by atoms with Gasteiger partial charge in [-0.2, -0.15) is 0 Å². The molecule has 1 aliphatic heterocycles. The Bertz CT molecular complexity index is 1110. The van der Waals surface area contributed by atoms with E-state index >= 15 is 0 Å². The number of aliphatic hydroxyl groups is 1. The Morgan fingerprint density at radius 2 is 1.86 bits per heavy atom. The van der Waals surface area contributed by atoms with E-state index in [9.17, 15) is 29.7 Å². The molecule has 194 valence electrons. The monoisotopic (exact) mass is 498 g/mol. The normalized spacial score (nSPS) is 21.8. The smallest absolute Gasteiger partial charge is 0.326 e. The molecule has 0 aromatic heterocycles. The Labute approximate surface area is 210 Å². The first-order valence-corrected chi connectivity index (χ1v) is 11.9. The molecule has 6 N–H and O–H groups in total. The minimum Gasteiger partial charge on any atom is -0.508 e. The summed E-state index contributed by atoms with van der Waals surface area (Å²) >= 11 is 0. The van der Waals surface area contributed by atoms with Gasteiger partial charge < -0.3 is 36.2 Å². The number of nitrogens with one attached hydrogen (secondary N) is 3. The highest BCUT2D eigenvalue weighted by atomic mass is 16.4. The first kappa shape index (κ1) is 27.1. The summed E-state index contributed by atoms with van der Waals surface area (Å²) in [5.74, 6) is -2.26. The molecule has 0 unspecified atom stereocenters. The number of phenols is 1. The van der Waals surface area contributed by atoms with Crippen molar-refractivity contribution in [2.75, 3.05) is 27.7 Å². The molecule has 0 radical (unpaired) electrons. The molecule has 4 bridgehead atoms. The number of carboxylic acid groups (broad SMARTS) is 1. The predicted octanol–water partition coefficient (Wildman–Crippen LogP) is 0.113. The number of carbonyl (C=O) groups is 3. The Morgan fingerprint density at radius 1 is 1.14 bits per heavy atom. The van der Waals surface area contributed by atoms with Crippen LogP contribution in [0, 0.1) is 0 Å². The first-order valence-electron chi connectivity index (χ1n) is 11.9. The lowest BCUT2D eigenvalue weighted by Gasteiger charge is -2.31. The van der Waals surface area contributed by atoms with Crippen molar-refractivity contribution in [2.45, 2.75) is 43.5 Å². The molecule has 0 fully saturated rings. The fourth-order valence-corrected chi connectivity index (χ4v) is 4.45. The van der Waals surface area contributed by atoms with E-state index in [-0.39, 0.29) is 31.6 Å². The third-order valence-corrected chi connectivity index (χ3v) is 6.52. The highest BCUT2D eigenvalue weighted by Crippen LogP contribution is 2.28. The molecule has 0 saturated carbocycles. The molecule has 2 aromatic carbocycles. The summed E-state index contributed by atoms with van der Waals surface area (Å²) in [6.45, 7) is 0.189. The molecule has 0 spiro atoms. The van der Waals surface area contributed by atoms with Crippen molar-refractivity contribution in [3.05, 3.63) is 53.6 Å². The predicted molar refractivity (Wildman–Crippen MR) is 134 cm³/mol. The molecule has 1 aliphatic rings. The number of benzene rings is 2. The van der Waals surface area contributed by atoms with Crippen LogP contribution in [0.15, 0.2) is 42.5 Å². The number of aromatic hydroxyl groups is 1. The molecular formula is C26H34N4O6. The summed E-state index contributed by atoms with van der Waals surface area (Å²) in [6.07, 6.45) is -0.854. The van der Waals surface area contributed by atoms with Crippen molar-refractivity contribution in [2.24, 2.45) is 0 Å². The van der Waals surface area contributed by atoms with Crippen molar-refractivity contribution in [3.8, 4) is 16.9 Å². The minimum atomic E-state index is -1.19. The molecule has 3 rings (SSSR count). The van der Waals surface area contributed by atoms with Crippen LogP contribution in [0.1, 0.15) is 17.5 Å². The highest BCUT2D eigenvalue weighted by molar-refractivity contribution is 5.92. The molecule has 0 aliphatic carbocycles. The molecule has 10 nitrogen and oxygen atoms in total. The number of hydrogen-bond acceptors (Lipinski definition) is 7. The van der Waals surface area contributed by atoms with Gasteiger partial charge in [0.05, 0.1) is 12.1 Å². The number of carbonyl (C=O) groups excluding carboxylic acids is 2.